The number of carbonyl (C=O) groups is 3. The number of rotatable bonds is 5. The Kier molecular flexibility index (Phi) is 5.13. The minimum absolute atomic E-state index is 0.200. The molecule has 0 aliphatic carbocycles. The van der Waals surface area contributed by atoms with Crippen LogP contribution in [0.1, 0.15) is 37.0 Å². The van der Waals surface area contributed by atoms with E-state index < -0.39 is 29.0 Å². The number of likely N-dealkylation sites (tertiary alicyclic amines) is 1. The summed E-state index contributed by atoms with van der Waals surface area (Å²) in [5.41, 5.74) is 0.371. The van der Waals surface area contributed by atoms with Crippen LogP contribution in [0.2, 0.25) is 0 Å². The van der Waals surface area contributed by atoms with Crippen LogP contribution in [0.15, 0.2) is 24.3 Å². The highest BCUT2D eigenvalue weighted by atomic mass is 32.2. The number of thioether (sulfide) groups is 1. The maximum absolute atomic E-state index is 12.6. The molecule has 3 rings (SSSR count). The van der Waals surface area contributed by atoms with Gasteiger partial charge in [-0.25, -0.2) is 9.59 Å². The van der Waals surface area contributed by atoms with Gasteiger partial charge in [0.15, 0.2) is 0 Å². The number of fused-ring (bicyclic) bond motifs is 1. The van der Waals surface area contributed by atoms with Gasteiger partial charge in [-0.3, -0.25) is 4.79 Å². The van der Waals surface area contributed by atoms with E-state index in [9.17, 15) is 19.5 Å². The van der Waals surface area contributed by atoms with Gasteiger partial charge < -0.3 is 19.5 Å². The smallest absolute Gasteiger partial charge is 0.345 e. The van der Waals surface area contributed by atoms with Crippen LogP contribution in [-0.2, 0) is 14.3 Å². The summed E-state index contributed by atoms with van der Waals surface area (Å²) in [6.07, 6.45) is 1.17. The van der Waals surface area contributed by atoms with Crippen LogP contribution in [0.5, 0.6) is 5.75 Å². The van der Waals surface area contributed by atoms with Crippen LogP contribution in [0.3, 0.4) is 0 Å². The number of esters is 1. The molecule has 2 aliphatic rings. The van der Waals surface area contributed by atoms with Gasteiger partial charge in [-0.1, -0.05) is 30.8 Å². The third-order valence-corrected chi connectivity index (χ3v) is 5.88. The predicted octanol–water partition coefficient (Wildman–Crippen LogP) is 2.35. The van der Waals surface area contributed by atoms with Crippen molar-refractivity contribution >= 4 is 29.6 Å². The van der Waals surface area contributed by atoms with E-state index in [0.717, 1.165) is 0 Å². The van der Waals surface area contributed by atoms with E-state index in [4.69, 9.17) is 9.47 Å². The van der Waals surface area contributed by atoms with Gasteiger partial charge in [0.25, 0.3) is 0 Å². The van der Waals surface area contributed by atoms with Gasteiger partial charge in [0.1, 0.15) is 17.4 Å². The molecule has 0 aromatic heterocycles. The number of benzene rings is 1. The highest BCUT2D eigenvalue weighted by Gasteiger charge is 2.41. The molecule has 140 valence electrons. The lowest BCUT2D eigenvalue weighted by molar-refractivity contribution is -0.149. The summed E-state index contributed by atoms with van der Waals surface area (Å²) in [6.45, 7) is 3.84. The molecule has 2 aliphatic heterocycles. The van der Waals surface area contributed by atoms with Gasteiger partial charge in [0.05, 0.1) is 0 Å². The normalized spacial score (nSPS) is 25.8. The summed E-state index contributed by atoms with van der Waals surface area (Å²) in [6, 6.07) is 6.09. The van der Waals surface area contributed by atoms with Crippen molar-refractivity contribution < 1.29 is 29.0 Å². The van der Waals surface area contributed by atoms with Crippen LogP contribution in [0.4, 0.5) is 0 Å². The summed E-state index contributed by atoms with van der Waals surface area (Å²) >= 11 is 1.21. The maximum Gasteiger partial charge on any atom is 0.345 e. The fraction of sp³-hybridized carbons (Fsp3) is 0.500. The summed E-state index contributed by atoms with van der Waals surface area (Å²) < 4.78 is 11.2. The SMILES string of the molecule is C[C@H](CSC1(C)OC(=O)c2ccccc2O1)C(=O)N1CCC[C@H]1C(=O)O. The van der Waals surface area contributed by atoms with Gasteiger partial charge in [0, 0.05) is 25.1 Å². The second-order valence-corrected chi connectivity index (χ2v) is 7.95. The fourth-order valence-corrected chi connectivity index (χ4v) is 4.12. The molecule has 1 aromatic carbocycles. The van der Waals surface area contributed by atoms with E-state index in [1.165, 1.54) is 16.7 Å². The Balaban J connectivity index is 1.62. The first-order chi connectivity index (χ1) is 12.3. The number of hydrogen-bond donors (Lipinski definition) is 1. The molecule has 1 saturated heterocycles. The number of hydrogen-bond acceptors (Lipinski definition) is 6. The number of cyclic esters (lactones) is 1. The molecule has 3 atom stereocenters. The number of carboxylic acids is 1. The van der Waals surface area contributed by atoms with Gasteiger partial charge in [-0.15, -0.1) is 0 Å². The standard InChI is InChI=1S/C18H21NO6S/c1-11(15(20)19-9-5-7-13(19)16(21)22)10-26-18(2)24-14-8-4-3-6-12(14)17(23)25-18/h3-4,6,8,11,13H,5,7,9-10H2,1-2H3,(H,21,22)/t11-,13+,18?/m1/s1. The molecular weight excluding hydrogens is 358 g/mol. The van der Waals surface area contributed by atoms with Gasteiger partial charge in [-0.05, 0) is 25.0 Å². The van der Waals surface area contributed by atoms with E-state index in [0.29, 0.717) is 36.5 Å². The Morgan fingerprint density at radius 2 is 2.12 bits per heavy atom. The first-order valence-corrected chi connectivity index (χ1v) is 9.48. The van der Waals surface area contributed by atoms with Crippen molar-refractivity contribution in [3.8, 4) is 5.75 Å². The minimum Gasteiger partial charge on any atom is -0.480 e. The molecule has 0 bridgehead atoms. The van der Waals surface area contributed by atoms with Crippen LogP contribution in [0, 0.1) is 5.92 Å². The van der Waals surface area contributed by atoms with Crippen LogP contribution < -0.4 is 4.74 Å². The van der Waals surface area contributed by atoms with E-state index in [-0.39, 0.29) is 5.91 Å². The summed E-state index contributed by atoms with van der Waals surface area (Å²) in [5, 5.41) is 8.01. The van der Waals surface area contributed by atoms with Crippen LogP contribution >= 0.6 is 11.8 Å². The quantitative estimate of drug-likeness (QED) is 0.785. The molecule has 0 saturated carbocycles. The molecule has 1 N–H and O–H groups in total. The van der Waals surface area contributed by atoms with E-state index in [1.807, 2.05) is 0 Å². The number of carboxylic acid groups (broad SMARTS) is 1. The van der Waals surface area contributed by atoms with Crippen molar-refractivity contribution in [2.45, 2.75) is 37.9 Å². The molecule has 7 nitrogen and oxygen atoms in total. The zero-order valence-electron chi connectivity index (χ0n) is 14.6. The summed E-state index contributed by atoms with van der Waals surface area (Å²) in [4.78, 5) is 37.5. The predicted molar refractivity (Wildman–Crippen MR) is 94.9 cm³/mol. The molecule has 1 amide bonds. The molecule has 8 heteroatoms. The highest BCUT2D eigenvalue weighted by Crippen LogP contribution is 2.38. The first kappa shape index (κ1) is 18.6. The average Bonchev–Trinajstić information content (AvgIpc) is 3.09. The lowest BCUT2D eigenvalue weighted by atomic mass is 10.1. The molecule has 0 radical (unpaired) electrons. The van der Waals surface area contributed by atoms with Crippen LogP contribution in [0.25, 0.3) is 0 Å². The first-order valence-electron chi connectivity index (χ1n) is 8.49. The third kappa shape index (κ3) is 3.65. The number of nitrogens with zero attached hydrogens (tertiary/aromatic N) is 1. The maximum atomic E-state index is 12.6. The highest BCUT2D eigenvalue weighted by molar-refractivity contribution is 8.00. The Morgan fingerprint density at radius 1 is 1.38 bits per heavy atom. The van der Waals surface area contributed by atoms with Crippen molar-refractivity contribution in [3.63, 3.8) is 0 Å². The lowest BCUT2D eigenvalue weighted by Crippen LogP contribution is -2.44. The monoisotopic (exact) mass is 379 g/mol. The Labute approximate surface area is 155 Å². The number of carbonyl (C=O) groups excluding carboxylic acids is 2. The number of ether oxygens (including phenoxy) is 2. The van der Waals surface area contributed by atoms with Crippen molar-refractivity contribution in [3.05, 3.63) is 29.8 Å². The molecule has 0 spiro atoms. The molecular formula is C18H21NO6S. The molecule has 2 heterocycles. The van der Waals surface area contributed by atoms with Crippen LogP contribution in [-0.4, -0.2) is 51.3 Å². The third-order valence-electron chi connectivity index (χ3n) is 4.52. The van der Waals surface area contributed by atoms with Crippen molar-refractivity contribution in [1.29, 1.82) is 0 Å². The molecule has 1 fully saturated rings. The van der Waals surface area contributed by atoms with Crippen molar-refractivity contribution in [1.82, 2.24) is 4.90 Å². The molecule has 26 heavy (non-hydrogen) atoms. The summed E-state index contributed by atoms with van der Waals surface area (Å²) in [5.74, 6) is -1.27. The lowest BCUT2D eigenvalue weighted by Gasteiger charge is -2.34. The Morgan fingerprint density at radius 3 is 2.85 bits per heavy atom. The average molecular weight is 379 g/mol. The Bertz CT molecular complexity index is 738. The number of aliphatic carboxylic acids is 1. The van der Waals surface area contributed by atoms with Gasteiger partial charge in [-0.2, -0.15) is 0 Å². The van der Waals surface area contributed by atoms with Crippen molar-refractivity contribution in [2.24, 2.45) is 5.92 Å². The number of para-hydroxylation sites is 1. The molecule has 1 aromatic rings. The Hall–Kier alpha value is -2.22. The second-order valence-electron chi connectivity index (χ2n) is 6.59. The number of amides is 1. The van der Waals surface area contributed by atoms with Crippen molar-refractivity contribution in [2.75, 3.05) is 12.3 Å². The second kappa shape index (κ2) is 7.19. The zero-order valence-corrected chi connectivity index (χ0v) is 15.5. The van der Waals surface area contributed by atoms with E-state index in [1.54, 1.807) is 38.1 Å². The van der Waals surface area contributed by atoms with E-state index >= 15 is 0 Å². The molecule has 1 unspecified atom stereocenters. The zero-order chi connectivity index (χ0) is 18.9. The topological polar surface area (TPSA) is 93.1 Å². The van der Waals surface area contributed by atoms with Gasteiger partial charge in [0.2, 0.25) is 5.91 Å². The minimum atomic E-state index is -1.23. The fourth-order valence-electron chi connectivity index (χ4n) is 3.15. The van der Waals surface area contributed by atoms with Gasteiger partial charge >= 0.3 is 17.1 Å². The van der Waals surface area contributed by atoms with E-state index in [2.05, 4.69) is 0 Å². The largest absolute Gasteiger partial charge is 0.480 e. The summed E-state index contributed by atoms with van der Waals surface area (Å²) in [7, 11) is 0.